The fourth-order valence-corrected chi connectivity index (χ4v) is 4.25. The number of aryl methyl sites for hydroxylation is 3. The molecule has 30 heavy (non-hydrogen) atoms. The van der Waals surface area contributed by atoms with Gasteiger partial charge in [-0.2, -0.15) is 15.5 Å². The van der Waals surface area contributed by atoms with Gasteiger partial charge < -0.3 is 0 Å². The number of benzene rings is 3. The van der Waals surface area contributed by atoms with E-state index in [4.69, 9.17) is 0 Å². The lowest BCUT2D eigenvalue weighted by Gasteiger charge is -2.14. The number of hydrogen-bond donors (Lipinski definition) is 0. The lowest BCUT2D eigenvalue weighted by molar-refractivity contribution is 0.730. The maximum Gasteiger partial charge on any atom is 0.205 e. The van der Waals surface area contributed by atoms with Gasteiger partial charge in [0, 0.05) is 5.56 Å². The predicted octanol–water partition coefficient (Wildman–Crippen LogP) is 6.01. The van der Waals surface area contributed by atoms with E-state index in [1.54, 1.807) is 0 Å². The van der Waals surface area contributed by atoms with Crippen LogP contribution in [0.2, 0.25) is 0 Å². The fourth-order valence-electron chi connectivity index (χ4n) is 4.25. The van der Waals surface area contributed by atoms with Crippen LogP contribution >= 0.6 is 0 Å². The highest BCUT2D eigenvalue weighted by Gasteiger charge is 2.15. The molecule has 3 aromatic rings. The van der Waals surface area contributed by atoms with Gasteiger partial charge in [-0.05, 0) is 84.5 Å². The second-order valence-corrected chi connectivity index (χ2v) is 7.70. The highest BCUT2D eigenvalue weighted by molar-refractivity contribution is 6.03. The van der Waals surface area contributed by atoms with Gasteiger partial charge in [-0.15, -0.1) is 0 Å². The number of aliphatic imine (C=N–C) groups is 1. The summed E-state index contributed by atoms with van der Waals surface area (Å²) < 4.78 is 0. The van der Waals surface area contributed by atoms with Crippen LogP contribution in [0, 0.1) is 22.8 Å². The molecule has 0 amide bonds. The van der Waals surface area contributed by atoms with Crippen molar-refractivity contribution < 1.29 is 0 Å². The summed E-state index contributed by atoms with van der Waals surface area (Å²) in [6.45, 7) is 0. The van der Waals surface area contributed by atoms with E-state index in [0.717, 1.165) is 60.9 Å². The first-order valence-corrected chi connectivity index (χ1v) is 10.4. The summed E-state index contributed by atoms with van der Waals surface area (Å²) in [5.41, 5.74) is 8.62. The summed E-state index contributed by atoms with van der Waals surface area (Å²) in [5.74, 6) is 0. The molecule has 0 bridgehead atoms. The van der Waals surface area contributed by atoms with Gasteiger partial charge in [0.15, 0.2) is 0 Å². The van der Waals surface area contributed by atoms with Crippen molar-refractivity contribution in [2.24, 2.45) is 4.99 Å². The first-order valence-electron chi connectivity index (χ1n) is 10.4. The minimum absolute atomic E-state index is 0.645. The molecule has 0 N–H and O–H groups in total. The van der Waals surface area contributed by atoms with Crippen LogP contribution in [0.25, 0.3) is 11.1 Å². The van der Waals surface area contributed by atoms with Crippen LogP contribution in [0.3, 0.4) is 0 Å². The Morgan fingerprint density at radius 1 is 0.667 bits per heavy atom. The highest BCUT2D eigenvalue weighted by atomic mass is 14.7. The van der Waals surface area contributed by atoms with Gasteiger partial charge in [0.2, 0.25) is 6.19 Å². The number of nitrogens with zero attached hydrogens (tertiary/aromatic N) is 3. The lowest BCUT2D eigenvalue weighted by Crippen LogP contribution is -2.07. The molecule has 146 valence electrons. The molecule has 1 aliphatic rings. The molecule has 1 aliphatic carbocycles. The molecule has 3 nitrogen and oxygen atoms in total. The quantitative estimate of drug-likeness (QED) is 0.479. The van der Waals surface area contributed by atoms with Crippen LogP contribution in [-0.4, -0.2) is 5.71 Å². The summed E-state index contributed by atoms with van der Waals surface area (Å²) in [6.07, 6.45) is 7.95. The normalized spacial score (nSPS) is 15.2. The molecule has 0 saturated heterocycles. The third kappa shape index (κ3) is 4.32. The van der Waals surface area contributed by atoms with E-state index < -0.39 is 0 Å². The largest absolute Gasteiger partial charge is 0.205 e. The molecule has 0 atom stereocenters. The van der Waals surface area contributed by atoms with Crippen LogP contribution in [0.4, 0.5) is 0 Å². The average molecular weight is 390 g/mol. The fraction of sp³-hybridized carbons (Fsp3) is 0.222. The maximum atomic E-state index is 9.36. The van der Waals surface area contributed by atoms with E-state index in [-0.39, 0.29) is 0 Å². The third-order valence-corrected chi connectivity index (χ3v) is 5.82. The van der Waals surface area contributed by atoms with Crippen molar-refractivity contribution in [2.75, 3.05) is 0 Å². The lowest BCUT2D eigenvalue weighted by atomic mass is 9.91. The third-order valence-electron chi connectivity index (χ3n) is 5.82. The van der Waals surface area contributed by atoms with Crippen molar-refractivity contribution in [2.45, 2.75) is 38.5 Å². The Kier molecular flexibility index (Phi) is 6.02. The van der Waals surface area contributed by atoms with Crippen molar-refractivity contribution >= 4 is 5.71 Å². The van der Waals surface area contributed by atoms with Crippen molar-refractivity contribution in [3.05, 3.63) is 94.5 Å². The van der Waals surface area contributed by atoms with E-state index in [2.05, 4.69) is 53.5 Å². The van der Waals surface area contributed by atoms with Crippen LogP contribution in [0.1, 0.15) is 47.1 Å². The molecule has 3 heteroatoms. The Morgan fingerprint density at radius 3 is 2.17 bits per heavy atom. The van der Waals surface area contributed by atoms with Crippen molar-refractivity contribution in [3.8, 4) is 23.4 Å². The van der Waals surface area contributed by atoms with E-state index in [1.807, 2.05) is 30.5 Å². The van der Waals surface area contributed by atoms with Gasteiger partial charge >= 0.3 is 0 Å². The number of rotatable bonds is 1. The second-order valence-electron chi connectivity index (χ2n) is 7.70. The maximum absolute atomic E-state index is 9.36. The summed E-state index contributed by atoms with van der Waals surface area (Å²) >= 11 is 0. The van der Waals surface area contributed by atoms with E-state index >= 15 is 0 Å². The molecular weight excluding hydrogens is 366 g/mol. The Morgan fingerprint density at radius 2 is 1.40 bits per heavy atom. The molecule has 3 aromatic carbocycles. The Balaban J connectivity index is 1.77. The SMILES string of the molecule is N#C/N=C1\CCc2ccccc2CCCCc2ccc(-c3cccc(C#N)c3)cc21. The molecule has 0 aromatic heterocycles. The summed E-state index contributed by atoms with van der Waals surface area (Å²) in [7, 11) is 0. The standard InChI is InChI=1S/C27H23N3/c28-18-20-6-5-11-24(16-20)25-13-12-23-10-4-3-8-21-7-1-2-9-22(21)14-15-27(30-19-29)26(23)17-25/h1-2,5-7,9,11-13,16-17H,3-4,8,10,14-15H2/b30-27+. The monoisotopic (exact) mass is 389 g/mol. The average Bonchev–Trinajstić information content (AvgIpc) is 2.83. The second kappa shape index (κ2) is 9.21. The topological polar surface area (TPSA) is 59.9 Å². The van der Waals surface area contributed by atoms with Crippen LogP contribution in [0.5, 0.6) is 0 Å². The van der Waals surface area contributed by atoms with E-state index in [9.17, 15) is 10.5 Å². The molecule has 0 saturated carbocycles. The molecule has 0 unspecified atom stereocenters. The van der Waals surface area contributed by atoms with E-state index in [1.165, 1.54) is 16.7 Å². The van der Waals surface area contributed by atoms with Gasteiger partial charge in [0.1, 0.15) is 0 Å². The van der Waals surface area contributed by atoms with Gasteiger partial charge in [0.05, 0.1) is 17.3 Å². The zero-order valence-electron chi connectivity index (χ0n) is 16.9. The van der Waals surface area contributed by atoms with Crippen molar-refractivity contribution in [1.29, 1.82) is 10.5 Å². The first-order chi connectivity index (χ1) is 14.8. The van der Waals surface area contributed by atoms with Crippen LogP contribution in [0.15, 0.2) is 71.7 Å². The number of nitriles is 2. The number of fused-ring (bicyclic) bond motifs is 2. The van der Waals surface area contributed by atoms with Crippen molar-refractivity contribution in [1.82, 2.24) is 0 Å². The first kappa shape index (κ1) is 19.6. The van der Waals surface area contributed by atoms with Crippen LogP contribution in [-0.2, 0) is 19.3 Å². The molecule has 4 rings (SSSR count). The smallest absolute Gasteiger partial charge is 0.192 e. The van der Waals surface area contributed by atoms with Crippen LogP contribution < -0.4 is 0 Å². The van der Waals surface area contributed by atoms with Gasteiger partial charge in [-0.1, -0.05) is 48.5 Å². The molecule has 0 fully saturated rings. The Labute approximate surface area is 178 Å². The Bertz CT molecular complexity index is 1180. The van der Waals surface area contributed by atoms with Gasteiger partial charge in [-0.25, -0.2) is 0 Å². The predicted molar refractivity (Wildman–Crippen MR) is 120 cm³/mol. The summed E-state index contributed by atoms with van der Waals surface area (Å²) in [4.78, 5) is 4.24. The van der Waals surface area contributed by atoms with Crippen molar-refractivity contribution in [3.63, 3.8) is 0 Å². The van der Waals surface area contributed by atoms with Gasteiger partial charge in [-0.3, -0.25) is 0 Å². The zero-order chi connectivity index (χ0) is 20.8. The number of hydrogen-bond acceptors (Lipinski definition) is 3. The minimum atomic E-state index is 0.645. The van der Waals surface area contributed by atoms with Gasteiger partial charge in [0.25, 0.3) is 0 Å². The molecule has 0 radical (unpaired) electrons. The van der Waals surface area contributed by atoms with E-state index in [0.29, 0.717) is 5.56 Å². The highest BCUT2D eigenvalue weighted by Crippen LogP contribution is 2.27. The zero-order valence-corrected chi connectivity index (χ0v) is 16.9. The Hall–Kier alpha value is -3.69. The summed E-state index contributed by atoms with van der Waals surface area (Å²) in [6, 6.07) is 24.9. The molecule has 0 heterocycles. The molecule has 0 spiro atoms. The summed E-state index contributed by atoms with van der Waals surface area (Å²) in [5, 5.41) is 18.6. The molecular formula is C27H23N3. The molecule has 0 aliphatic heterocycles. The minimum Gasteiger partial charge on any atom is -0.192 e.